The SMILES string of the molecule is Cc1nc2c(s1)[C@]1(CNC2)CNC[C@H]1C(=O)N1CC[C@@H](c2ccccc2F)C[C@H]1C1CCCCC1. The summed E-state index contributed by atoms with van der Waals surface area (Å²) < 4.78 is 14.7. The molecule has 1 aromatic heterocycles. The van der Waals surface area contributed by atoms with Crippen molar-refractivity contribution in [3.05, 3.63) is 51.2 Å². The molecule has 0 unspecified atom stereocenters. The third-order valence-corrected chi connectivity index (χ3v) is 10.4. The van der Waals surface area contributed by atoms with E-state index in [0.717, 1.165) is 61.8 Å². The van der Waals surface area contributed by atoms with Crippen LogP contribution in [0.25, 0.3) is 0 Å². The van der Waals surface area contributed by atoms with Gasteiger partial charge in [0.2, 0.25) is 5.91 Å². The smallest absolute Gasteiger partial charge is 0.228 e. The largest absolute Gasteiger partial charge is 0.339 e. The molecule has 2 saturated heterocycles. The Morgan fingerprint density at radius 3 is 2.77 bits per heavy atom. The van der Waals surface area contributed by atoms with Crippen LogP contribution in [0.1, 0.15) is 72.0 Å². The third-order valence-electron chi connectivity index (χ3n) is 9.21. The Bertz CT molecular complexity index is 1080. The molecular weight excluding hydrogens is 459 g/mol. The molecule has 3 fully saturated rings. The van der Waals surface area contributed by atoms with Crippen molar-refractivity contribution < 1.29 is 9.18 Å². The Morgan fingerprint density at radius 1 is 1.14 bits per heavy atom. The predicted octanol–water partition coefficient (Wildman–Crippen LogP) is 4.51. The summed E-state index contributed by atoms with van der Waals surface area (Å²) in [4.78, 5) is 22.8. The zero-order valence-corrected chi connectivity index (χ0v) is 21.5. The van der Waals surface area contributed by atoms with Gasteiger partial charge in [-0.05, 0) is 56.1 Å². The maximum atomic E-state index is 14.7. The Kier molecular flexibility index (Phi) is 6.44. The molecule has 4 atom stereocenters. The predicted molar refractivity (Wildman–Crippen MR) is 137 cm³/mol. The molecule has 1 aromatic carbocycles. The van der Waals surface area contributed by atoms with E-state index < -0.39 is 0 Å². The first-order chi connectivity index (χ1) is 17.1. The first-order valence-electron chi connectivity index (χ1n) is 13.5. The van der Waals surface area contributed by atoms with E-state index in [1.807, 2.05) is 12.1 Å². The molecule has 1 spiro atoms. The van der Waals surface area contributed by atoms with Gasteiger partial charge in [-0.25, -0.2) is 9.37 Å². The van der Waals surface area contributed by atoms with Crippen LogP contribution in [0.4, 0.5) is 4.39 Å². The molecule has 35 heavy (non-hydrogen) atoms. The van der Waals surface area contributed by atoms with Crippen LogP contribution < -0.4 is 10.6 Å². The topological polar surface area (TPSA) is 57.3 Å². The molecule has 0 bridgehead atoms. The van der Waals surface area contributed by atoms with E-state index >= 15 is 0 Å². The number of carbonyl (C=O) groups excluding carboxylic acids is 1. The lowest BCUT2D eigenvalue weighted by Crippen LogP contribution is -2.57. The van der Waals surface area contributed by atoms with Crippen molar-refractivity contribution in [1.82, 2.24) is 20.5 Å². The zero-order valence-electron chi connectivity index (χ0n) is 20.7. The molecule has 1 amide bonds. The van der Waals surface area contributed by atoms with Gasteiger partial charge in [0.1, 0.15) is 5.82 Å². The van der Waals surface area contributed by atoms with Crippen LogP contribution in [0.5, 0.6) is 0 Å². The van der Waals surface area contributed by atoms with Crippen molar-refractivity contribution in [2.75, 3.05) is 26.2 Å². The fraction of sp³-hybridized carbons (Fsp3) is 0.643. The minimum absolute atomic E-state index is 0.0787. The fourth-order valence-electron chi connectivity index (χ4n) is 7.49. The minimum Gasteiger partial charge on any atom is -0.339 e. The first-order valence-corrected chi connectivity index (χ1v) is 14.3. The summed E-state index contributed by atoms with van der Waals surface area (Å²) in [5.74, 6) is 0.844. The van der Waals surface area contributed by atoms with Gasteiger partial charge in [-0.1, -0.05) is 37.5 Å². The lowest BCUT2D eigenvalue weighted by Gasteiger charge is -2.47. The van der Waals surface area contributed by atoms with Crippen LogP contribution in [-0.2, 0) is 16.8 Å². The number of aryl methyl sites for hydroxylation is 1. The molecule has 2 N–H and O–H groups in total. The quantitative estimate of drug-likeness (QED) is 0.657. The van der Waals surface area contributed by atoms with Gasteiger partial charge < -0.3 is 15.5 Å². The highest BCUT2D eigenvalue weighted by atomic mass is 32.1. The number of thiazole rings is 1. The third kappa shape index (κ3) is 4.13. The summed E-state index contributed by atoms with van der Waals surface area (Å²) >= 11 is 1.78. The summed E-state index contributed by atoms with van der Waals surface area (Å²) in [5, 5.41) is 8.24. The van der Waals surface area contributed by atoms with Crippen molar-refractivity contribution in [1.29, 1.82) is 0 Å². The number of carbonyl (C=O) groups is 1. The molecular formula is C28H37FN4OS. The molecule has 5 nitrogen and oxygen atoms in total. The summed E-state index contributed by atoms with van der Waals surface area (Å²) in [7, 11) is 0. The number of likely N-dealkylation sites (tertiary alicyclic amines) is 1. The van der Waals surface area contributed by atoms with Gasteiger partial charge in [0.05, 0.1) is 16.6 Å². The number of piperidine rings is 1. The monoisotopic (exact) mass is 496 g/mol. The fourth-order valence-corrected chi connectivity index (χ4v) is 8.67. The lowest BCUT2D eigenvalue weighted by molar-refractivity contribution is -0.142. The van der Waals surface area contributed by atoms with E-state index in [-0.39, 0.29) is 29.1 Å². The van der Waals surface area contributed by atoms with Gasteiger partial charge >= 0.3 is 0 Å². The van der Waals surface area contributed by atoms with Crippen molar-refractivity contribution in [2.45, 2.75) is 75.8 Å². The highest BCUT2D eigenvalue weighted by Gasteiger charge is 2.54. The van der Waals surface area contributed by atoms with E-state index in [9.17, 15) is 9.18 Å². The Balaban J connectivity index is 1.30. The van der Waals surface area contributed by atoms with Crippen LogP contribution in [0.3, 0.4) is 0 Å². The molecule has 4 heterocycles. The lowest BCUT2D eigenvalue weighted by atomic mass is 9.71. The van der Waals surface area contributed by atoms with Gasteiger partial charge in [0.25, 0.3) is 0 Å². The number of halogens is 1. The van der Waals surface area contributed by atoms with Gasteiger partial charge in [-0.2, -0.15) is 0 Å². The van der Waals surface area contributed by atoms with Gasteiger partial charge in [-0.3, -0.25) is 4.79 Å². The van der Waals surface area contributed by atoms with E-state index in [4.69, 9.17) is 4.98 Å². The maximum absolute atomic E-state index is 14.7. The molecule has 3 aliphatic heterocycles. The number of fused-ring (bicyclic) bond motifs is 2. The highest BCUT2D eigenvalue weighted by molar-refractivity contribution is 7.11. The standard InChI is InChI=1S/C28H37FN4OS/c1-18-32-24-15-31-17-28(26(24)35-18)16-30-14-22(28)27(34)33-12-11-20(21-9-5-6-10-23(21)29)13-25(33)19-7-3-2-4-8-19/h5-6,9-10,19-20,22,25,30-31H,2-4,7-8,11-17H2,1H3/t20-,22+,25+,28+/m1/s1. The number of nitrogens with zero attached hydrogens (tertiary/aromatic N) is 2. The van der Waals surface area contributed by atoms with Crippen LogP contribution >= 0.6 is 11.3 Å². The molecule has 6 rings (SSSR count). The van der Waals surface area contributed by atoms with Crippen molar-refractivity contribution in [3.63, 3.8) is 0 Å². The number of aromatic nitrogens is 1. The van der Waals surface area contributed by atoms with Crippen LogP contribution in [0.15, 0.2) is 24.3 Å². The number of amides is 1. The van der Waals surface area contributed by atoms with E-state index in [2.05, 4.69) is 22.5 Å². The van der Waals surface area contributed by atoms with E-state index in [1.54, 1.807) is 23.5 Å². The summed E-state index contributed by atoms with van der Waals surface area (Å²) in [5.41, 5.74) is 1.75. The number of hydrogen-bond donors (Lipinski definition) is 2. The van der Waals surface area contributed by atoms with E-state index in [1.165, 1.54) is 37.0 Å². The number of nitrogens with one attached hydrogen (secondary N) is 2. The second kappa shape index (κ2) is 9.56. The second-order valence-corrected chi connectivity index (χ2v) is 12.4. The molecule has 1 aliphatic carbocycles. The highest BCUT2D eigenvalue weighted by Crippen LogP contribution is 2.46. The van der Waals surface area contributed by atoms with Crippen LogP contribution in [0, 0.1) is 24.6 Å². The van der Waals surface area contributed by atoms with Gasteiger partial charge in [-0.15, -0.1) is 11.3 Å². The number of benzene rings is 1. The second-order valence-electron chi connectivity index (χ2n) is 11.2. The molecule has 2 aromatic rings. The molecule has 7 heteroatoms. The first kappa shape index (κ1) is 23.6. The van der Waals surface area contributed by atoms with Crippen LogP contribution in [-0.4, -0.2) is 48.0 Å². The average molecular weight is 497 g/mol. The van der Waals surface area contributed by atoms with Crippen LogP contribution in [0.2, 0.25) is 0 Å². The molecule has 1 saturated carbocycles. The van der Waals surface area contributed by atoms with Crippen molar-refractivity contribution >= 4 is 17.2 Å². The molecule has 4 aliphatic rings. The number of rotatable bonds is 3. The van der Waals surface area contributed by atoms with Crippen molar-refractivity contribution in [3.8, 4) is 0 Å². The Hall–Kier alpha value is -1.83. The summed E-state index contributed by atoms with van der Waals surface area (Å²) in [6.07, 6.45) is 7.88. The van der Waals surface area contributed by atoms with Crippen molar-refractivity contribution in [2.24, 2.45) is 11.8 Å². The van der Waals surface area contributed by atoms with Gasteiger partial charge in [0, 0.05) is 49.1 Å². The number of hydrogen-bond acceptors (Lipinski definition) is 5. The Morgan fingerprint density at radius 2 is 1.94 bits per heavy atom. The Labute approximate surface area is 211 Å². The summed E-state index contributed by atoms with van der Waals surface area (Å²) in [6.45, 7) is 5.97. The van der Waals surface area contributed by atoms with Gasteiger partial charge in [0.15, 0.2) is 0 Å². The average Bonchev–Trinajstić information content (AvgIpc) is 3.48. The molecule has 0 radical (unpaired) electrons. The normalized spacial score (nSPS) is 31.6. The van der Waals surface area contributed by atoms with E-state index in [0.29, 0.717) is 11.8 Å². The summed E-state index contributed by atoms with van der Waals surface area (Å²) in [6, 6.07) is 7.46. The maximum Gasteiger partial charge on any atom is 0.228 e. The minimum atomic E-state index is -0.212. The zero-order chi connectivity index (χ0) is 24.0. The molecule has 188 valence electrons.